The summed E-state index contributed by atoms with van der Waals surface area (Å²) >= 11 is 3.50. The van der Waals surface area contributed by atoms with Crippen LogP contribution in [0.15, 0.2) is 10.5 Å². The van der Waals surface area contributed by atoms with Crippen LogP contribution in [0.5, 0.6) is 17.2 Å². The van der Waals surface area contributed by atoms with Crippen LogP contribution >= 0.6 is 15.9 Å². The highest BCUT2D eigenvalue weighted by Crippen LogP contribution is 2.46. The molecular weight excluding hydrogens is 314 g/mol. The average molecular weight is 332 g/mol. The van der Waals surface area contributed by atoms with Crippen molar-refractivity contribution in [3.63, 3.8) is 0 Å². The molecule has 0 bridgehead atoms. The second kappa shape index (κ2) is 6.45. The summed E-state index contributed by atoms with van der Waals surface area (Å²) < 4.78 is 22.7. The van der Waals surface area contributed by atoms with Crippen LogP contribution in [-0.2, 0) is 4.74 Å². The number of hydrogen-bond acceptors (Lipinski definition) is 5. The maximum Gasteiger partial charge on any atom is 0.178 e. The van der Waals surface area contributed by atoms with Gasteiger partial charge in [0.15, 0.2) is 11.5 Å². The maximum atomic E-state index is 5.77. The molecule has 5 nitrogen and oxygen atoms in total. The second-order valence-corrected chi connectivity index (χ2v) is 4.91. The summed E-state index contributed by atoms with van der Waals surface area (Å²) in [5.74, 6) is 1.98. The molecule has 0 spiro atoms. The Morgan fingerprint density at radius 2 is 1.95 bits per heavy atom. The van der Waals surface area contributed by atoms with Gasteiger partial charge < -0.3 is 24.3 Å². The largest absolute Gasteiger partial charge is 0.495 e. The van der Waals surface area contributed by atoms with Gasteiger partial charge in [-0.1, -0.05) is 0 Å². The molecule has 1 aromatic rings. The van der Waals surface area contributed by atoms with Crippen LogP contribution in [0.2, 0.25) is 0 Å². The van der Waals surface area contributed by atoms with E-state index in [0.29, 0.717) is 23.9 Å². The molecule has 19 heavy (non-hydrogen) atoms. The molecule has 6 heteroatoms. The van der Waals surface area contributed by atoms with Gasteiger partial charge in [0.1, 0.15) is 10.2 Å². The number of hydrogen-bond donors (Lipinski definition) is 1. The topological polar surface area (TPSA) is 49.0 Å². The second-order valence-electron chi connectivity index (χ2n) is 4.11. The zero-order valence-electron chi connectivity index (χ0n) is 11.3. The molecule has 0 amide bonds. The van der Waals surface area contributed by atoms with E-state index in [1.807, 2.05) is 6.07 Å². The Labute approximate surface area is 121 Å². The Bertz CT molecular complexity index is 447. The predicted molar refractivity (Wildman–Crippen MR) is 75.4 cm³/mol. The first-order valence-corrected chi connectivity index (χ1v) is 6.82. The number of nitrogens with one attached hydrogen (secondary N) is 1. The van der Waals surface area contributed by atoms with Crippen molar-refractivity contribution in [3.05, 3.63) is 16.1 Å². The smallest absolute Gasteiger partial charge is 0.178 e. The maximum absolute atomic E-state index is 5.77. The van der Waals surface area contributed by atoms with Crippen molar-refractivity contribution < 1.29 is 18.9 Å². The van der Waals surface area contributed by atoms with Crippen molar-refractivity contribution in [1.29, 1.82) is 0 Å². The summed E-state index contributed by atoms with van der Waals surface area (Å²) in [5.41, 5.74) is 0.944. The van der Waals surface area contributed by atoms with Gasteiger partial charge in [-0.2, -0.15) is 0 Å². The van der Waals surface area contributed by atoms with E-state index in [1.165, 1.54) is 0 Å². The monoisotopic (exact) mass is 331 g/mol. The van der Waals surface area contributed by atoms with E-state index >= 15 is 0 Å². The summed E-state index contributed by atoms with van der Waals surface area (Å²) in [7, 11) is 4.84. The zero-order chi connectivity index (χ0) is 13.8. The van der Waals surface area contributed by atoms with E-state index in [2.05, 4.69) is 21.2 Å². The molecular formula is C13H18BrNO4. The van der Waals surface area contributed by atoms with Crippen molar-refractivity contribution in [2.24, 2.45) is 0 Å². The van der Waals surface area contributed by atoms with Gasteiger partial charge >= 0.3 is 0 Å². The molecule has 106 valence electrons. The first-order chi connectivity index (χ1) is 9.22. The number of benzene rings is 1. The van der Waals surface area contributed by atoms with Gasteiger partial charge in [-0.15, -0.1) is 0 Å². The highest BCUT2D eigenvalue weighted by Gasteiger charge is 2.25. The molecule has 1 fully saturated rings. The fraction of sp³-hybridized carbons (Fsp3) is 0.538. The molecule has 1 unspecified atom stereocenters. The zero-order valence-corrected chi connectivity index (χ0v) is 12.9. The predicted octanol–water partition coefficient (Wildman–Crippen LogP) is 2.14. The average Bonchev–Trinajstić information content (AvgIpc) is 2.47. The minimum atomic E-state index is -0.0557. The molecule has 1 atom stereocenters. The molecule has 1 heterocycles. The summed E-state index contributed by atoms with van der Waals surface area (Å²) in [5, 5.41) is 3.30. The van der Waals surface area contributed by atoms with Crippen LogP contribution in [0.3, 0.4) is 0 Å². The number of rotatable bonds is 4. The van der Waals surface area contributed by atoms with Crippen molar-refractivity contribution >= 4 is 15.9 Å². The Kier molecular flexibility index (Phi) is 4.90. The molecule has 1 aliphatic rings. The molecule has 1 N–H and O–H groups in total. The Hall–Kier alpha value is -0.980. The standard InChI is InChI=1S/C13H18BrNO4/c1-16-9-6-8(10-7-15-4-5-19-10)12(17-2)11(14)13(9)18-3/h6,10,15H,4-5,7H2,1-3H3. The Morgan fingerprint density at radius 1 is 1.21 bits per heavy atom. The van der Waals surface area contributed by atoms with Crippen molar-refractivity contribution in [2.45, 2.75) is 6.10 Å². The summed E-state index contributed by atoms with van der Waals surface area (Å²) in [6, 6.07) is 1.90. The number of ether oxygens (including phenoxy) is 4. The fourth-order valence-electron chi connectivity index (χ4n) is 2.16. The third kappa shape index (κ3) is 2.80. The lowest BCUT2D eigenvalue weighted by atomic mass is 10.1. The van der Waals surface area contributed by atoms with Crippen LogP contribution in [0.4, 0.5) is 0 Å². The summed E-state index contributed by atoms with van der Waals surface area (Å²) in [4.78, 5) is 0. The van der Waals surface area contributed by atoms with E-state index in [1.54, 1.807) is 21.3 Å². The van der Waals surface area contributed by atoms with E-state index in [-0.39, 0.29) is 6.10 Å². The fourth-order valence-corrected chi connectivity index (χ4v) is 2.91. The highest BCUT2D eigenvalue weighted by molar-refractivity contribution is 9.10. The molecule has 0 radical (unpaired) electrons. The SMILES string of the molecule is COc1cc(C2CNCCO2)c(OC)c(Br)c1OC. The lowest BCUT2D eigenvalue weighted by molar-refractivity contribution is 0.0260. The summed E-state index contributed by atoms with van der Waals surface area (Å²) in [6.45, 7) is 2.30. The third-order valence-electron chi connectivity index (χ3n) is 3.07. The molecule has 0 aliphatic carbocycles. The van der Waals surface area contributed by atoms with Crippen molar-refractivity contribution in [1.82, 2.24) is 5.32 Å². The third-order valence-corrected chi connectivity index (χ3v) is 3.79. The van der Waals surface area contributed by atoms with Gasteiger partial charge in [-0.05, 0) is 22.0 Å². The molecule has 0 aromatic heterocycles. The van der Waals surface area contributed by atoms with Gasteiger partial charge in [-0.25, -0.2) is 0 Å². The normalized spacial score (nSPS) is 19.1. The van der Waals surface area contributed by atoms with Crippen LogP contribution in [0.1, 0.15) is 11.7 Å². The lowest BCUT2D eigenvalue weighted by Gasteiger charge is -2.26. The molecule has 0 saturated carbocycles. The minimum Gasteiger partial charge on any atom is -0.495 e. The van der Waals surface area contributed by atoms with Crippen molar-refractivity contribution in [2.75, 3.05) is 41.0 Å². The van der Waals surface area contributed by atoms with Gasteiger partial charge in [0, 0.05) is 18.7 Å². The van der Waals surface area contributed by atoms with Crippen LogP contribution < -0.4 is 19.5 Å². The minimum absolute atomic E-state index is 0.0557. The lowest BCUT2D eigenvalue weighted by Crippen LogP contribution is -2.33. The van der Waals surface area contributed by atoms with Crippen LogP contribution in [0, 0.1) is 0 Å². The molecule has 1 saturated heterocycles. The summed E-state index contributed by atoms with van der Waals surface area (Å²) in [6.07, 6.45) is -0.0557. The molecule has 1 aromatic carbocycles. The first kappa shape index (κ1) is 14.4. The number of morpholine rings is 1. The van der Waals surface area contributed by atoms with Crippen LogP contribution in [0.25, 0.3) is 0 Å². The first-order valence-electron chi connectivity index (χ1n) is 6.03. The number of halogens is 1. The van der Waals surface area contributed by atoms with E-state index < -0.39 is 0 Å². The Balaban J connectivity index is 2.49. The highest BCUT2D eigenvalue weighted by atomic mass is 79.9. The van der Waals surface area contributed by atoms with Gasteiger partial charge in [0.25, 0.3) is 0 Å². The molecule has 2 rings (SSSR count). The molecule has 1 aliphatic heterocycles. The van der Waals surface area contributed by atoms with Crippen LogP contribution in [-0.4, -0.2) is 41.0 Å². The van der Waals surface area contributed by atoms with Crippen molar-refractivity contribution in [3.8, 4) is 17.2 Å². The van der Waals surface area contributed by atoms with E-state index in [9.17, 15) is 0 Å². The Morgan fingerprint density at radius 3 is 2.47 bits per heavy atom. The quantitative estimate of drug-likeness (QED) is 0.915. The van der Waals surface area contributed by atoms with Gasteiger partial charge in [0.2, 0.25) is 0 Å². The van der Waals surface area contributed by atoms with E-state index in [4.69, 9.17) is 18.9 Å². The number of methoxy groups -OCH3 is 3. The van der Waals surface area contributed by atoms with E-state index in [0.717, 1.165) is 23.1 Å². The van der Waals surface area contributed by atoms with Gasteiger partial charge in [-0.3, -0.25) is 0 Å². The van der Waals surface area contributed by atoms with Gasteiger partial charge in [0.05, 0.1) is 34.0 Å².